The van der Waals surface area contributed by atoms with Crippen LogP contribution in [0.3, 0.4) is 0 Å². The molecule has 0 spiro atoms. The van der Waals surface area contributed by atoms with Crippen LogP contribution in [-0.2, 0) is 19.2 Å². The van der Waals surface area contributed by atoms with Crippen LogP contribution in [-0.4, -0.2) is 60.0 Å². The second-order valence-corrected chi connectivity index (χ2v) is 31.8. The highest BCUT2D eigenvalue weighted by Gasteiger charge is 2.42. The summed E-state index contributed by atoms with van der Waals surface area (Å²) < 4.78 is 22.3. The fourth-order valence-electron chi connectivity index (χ4n) is 8.69. The Kier molecular flexibility index (Phi) is 25.5. The van der Waals surface area contributed by atoms with Crippen LogP contribution < -0.4 is 0 Å². The molecule has 0 fully saturated rings. The Labute approximate surface area is 398 Å². The van der Waals surface area contributed by atoms with Gasteiger partial charge in [-0.25, -0.2) is 0 Å². The van der Waals surface area contributed by atoms with Crippen molar-refractivity contribution < 1.29 is 13.6 Å². The van der Waals surface area contributed by atoms with Crippen molar-refractivity contribution in [3.8, 4) is 0 Å². The van der Waals surface area contributed by atoms with Gasteiger partial charge in [-0.2, -0.15) is 0 Å². The Morgan fingerprint density at radius 2 is 0.750 bits per heavy atom. The predicted molar refractivity (Wildman–Crippen MR) is 285 cm³/mol. The molecule has 0 aromatic heterocycles. The number of hydrogen-bond acceptors (Lipinski definition) is 4. The maximum absolute atomic E-state index is 7.45. The number of hydrogen-bond donors (Lipinski definition) is 0. The highest BCUT2D eigenvalue weighted by molar-refractivity contribution is 6.74. The Morgan fingerprint density at radius 1 is 0.438 bits per heavy atom. The molecule has 3 aromatic carbocycles. The van der Waals surface area contributed by atoms with Crippen LogP contribution in [0.15, 0.2) is 91.0 Å². The van der Waals surface area contributed by atoms with Crippen LogP contribution in [0, 0.1) is 0 Å². The van der Waals surface area contributed by atoms with Gasteiger partial charge in [-0.1, -0.05) is 249 Å². The Hall–Kier alpha value is -2.07. The molecule has 3 aromatic rings. The van der Waals surface area contributed by atoms with E-state index in [0.29, 0.717) is 6.61 Å². The van der Waals surface area contributed by atoms with E-state index in [1.165, 1.54) is 103 Å². The van der Waals surface area contributed by atoms with Crippen LogP contribution in [0.2, 0.25) is 36.3 Å². The van der Waals surface area contributed by atoms with E-state index in [-0.39, 0.29) is 22.3 Å². The molecule has 0 amide bonds. The van der Waals surface area contributed by atoms with Crippen molar-refractivity contribution in [2.75, 3.05) is 26.2 Å². The molecular formula is C58H99NO3Si2. The third-order valence-corrected chi connectivity index (χ3v) is 23.8. The molecule has 0 aliphatic rings. The number of rotatable bonds is 34. The molecule has 362 valence electrons. The van der Waals surface area contributed by atoms with E-state index in [1.807, 2.05) is 0 Å². The van der Waals surface area contributed by atoms with E-state index in [2.05, 4.69) is 177 Å². The summed E-state index contributed by atoms with van der Waals surface area (Å²) in [5.41, 5.74) is 2.76. The maximum Gasteiger partial charge on any atom is 0.192 e. The van der Waals surface area contributed by atoms with E-state index in [9.17, 15) is 0 Å². The molecule has 0 saturated heterocycles. The van der Waals surface area contributed by atoms with E-state index in [4.69, 9.17) is 13.6 Å². The fourth-order valence-corrected chi connectivity index (χ4v) is 11.4. The van der Waals surface area contributed by atoms with Crippen molar-refractivity contribution in [1.82, 2.24) is 4.90 Å². The van der Waals surface area contributed by atoms with Crippen molar-refractivity contribution in [2.45, 2.75) is 231 Å². The third-order valence-electron chi connectivity index (χ3n) is 14.7. The zero-order valence-corrected chi connectivity index (χ0v) is 45.8. The predicted octanol–water partition coefficient (Wildman–Crippen LogP) is 17.5. The molecule has 2 unspecified atom stereocenters. The first-order valence-corrected chi connectivity index (χ1v) is 32.2. The highest BCUT2D eigenvalue weighted by Crippen LogP contribution is 2.42. The molecule has 0 saturated carbocycles. The lowest BCUT2D eigenvalue weighted by Gasteiger charge is -2.43. The molecule has 0 aliphatic heterocycles. The number of nitrogens with zero attached hydrogens (tertiary/aromatic N) is 1. The molecule has 4 nitrogen and oxygen atoms in total. The quantitative estimate of drug-likeness (QED) is 0.0339. The largest absolute Gasteiger partial charge is 0.413 e. The SMILES string of the molecule is CCCCCCCCCCC(CN(CCCOC(c1ccccc1)(c1ccccc1)c1ccccc1)CC(CCCCCCCCCC)O[Si](C)(C)C(C)(C)C)O[Si](C)(C)C(C)(C)C. The molecule has 0 heterocycles. The zero-order chi connectivity index (χ0) is 47.0. The van der Waals surface area contributed by atoms with Gasteiger partial charge in [-0.15, -0.1) is 0 Å². The first-order valence-electron chi connectivity index (χ1n) is 26.4. The highest BCUT2D eigenvalue weighted by atomic mass is 28.4. The number of ether oxygens (including phenoxy) is 1. The van der Waals surface area contributed by atoms with Gasteiger partial charge >= 0.3 is 0 Å². The van der Waals surface area contributed by atoms with Gasteiger partial charge in [0.2, 0.25) is 0 Å². The summed E-state index contributed by atoms with van der Waals surface area (Å²) in [6.45, 7) is 32.3. The first-order chi connectivity index (χ1) is 30.5. The van der Waals surface area contributed by atoms with Crippen molar-refractivity contribution >= 4 is 16.6 Å². The third kappa shape index (κ3) is 19.3. The summed E-state index contributed by atoms with van der Waals surface area (Å²) in [5, 5.41) is 0.312. The van der Waals surface area contributed by atoms with Crippen LogP contribution in [0.25, 0.3) is 0 Å². The molecular weight excluding hydrogens is 815 g/mol. The van der Waals surface area contributed by atoms with Crippen LogP contribution in [0.5, 0.6) is 0 Å². The maximum atomic E-state index is 7.45. The second kappa shape index (κ2) is 29.0. The Morgan fingerprint density at radius 3 is 1.06 bits per heavy atom. The van der Waals surface area contributed by atoms with Crippen LogP contribution in [0.1, 0.15) is 194 Å². The zero-order valence-electron chi connectivity index (χ0n) is 43.8. The smallest absolute Gasteiger partial charge is 0.192 e. The minimum absolute atomic E-state index is 0.156. The van der Waals surface area contributed by atoms with Crippen LogP contribution in [0.4, 0.5) is 0 Å². The van der Waals surface area contributed by atoms with Crippen molar-refractivity contribution in [3.63, 3.8) is 0 Å². The first kappa shape index (κ1) is 56.3. The van der Waals surface area contributed by atoms with Gasteiger partial charge in [0, 0.05) is 26.2 Å². The monoisotopic (exact) mass is 914 g/mol. The van der Waals surface area contributed by atoms with Crippen molar-refractivity contribution in [2.24, 2.45) is 0 Å². The summed E-state index contributed by atoms with van der Waals surface area (Å²) in [6, 6.07) is 32.6. The van der Waals surface area contributed by atoms with Gasteiger partial charge in [0.25, 0.3) is 0 Å². The molecule has 0 radical (unpaired) electrons. The van der Waals surface area contributed by atoms with Gasteiger partial charge in [0.15, 0.2) is 16.6 Å². The Balaban J connectivity index is 1.95. The van der Waals surface area contributed by atoms with E-state index in [0.717, 1.165) is 55.6 Å². The number of benzene rings is 3. The molecule has 6 heteroatoms. The van der Waals surface area contributed by atoms with E-state index < -0.39 is 22.2 Å². The normalized spacial score (nSPS) is 14.0. The number of unbranched alkanes of at least 4 members (excludes halogenated alkanes) is 14. The summed E-state index contributed by atoms with van der Waals surface area (Å²) in [6.07, 6.45) is 24.9. The molecule has 2 atom stereocenters. The van der Waals surface area contributed by atoms with E-state index >= 15 is 0 Å². The summed E-state index contributed by atoms with van der Waals surface area (Å²) in [4.78, 5) is 2.75. The minimum Gasteiger partial charge on any atom is -0.413 e. The standard InChI is InChI=1S/C58H99NO3Si2/c1-13-15-17-19-21-23-25-36-45-54(61-63(9,10)56(3,4)5)49-59(50-55(62-64(11,12)57(6,7)8)46-37-26-24-22-20-18-16-14-2)47-38-48-60-58(51-39-30-27-31-40-51,52-41-32-28-33-42-52)53-43-34-29-35-44-53/h27-35,39-44,54-55H,13-26,36-38,45-50H2,1-12H3. The van der Waals surface area contributed by atoms with E-state index in [1.54, 1.807) is 0 Å². The summed E-state index contributed by atoms with van der Waals surface area (Å²) in [5.74, 6) is 0. The van der Waals surface area contributed by atoms with Gasteiger partial charge in [0.05, 0.1) is 12.2 Å². The van der Waals surface area contributed by atoms with Crippen LogP contribution >= 0.6 is 0 Å². The lowest BCUT2D eigenvalue weighted by Crippen LogP contribution is -2.50. The lowest BCUT2D eigenvalue weighted by molar-refractivity contribution is 0.00335. The van der Waals surface area contributed by atoms with Gasteiger partial charge < -0.3 is 13.6 Å². The summed E-state index contributed by atoms with van der Waals surface area (Å²) in [7, 11) is -4.04. The minimum atomic E-state index is -2.02. The second-order valence-electron chi connectivity index (χ2n) is 22.3. The van der Waals surface area contributed by atoms with Gasteiger partial charge in [-0.05, 0) is 72.2 Å². The van der Waals surface area contributed by atoms with Crippen molar-refractivity contribution in [3.05, 3.63) is 108 Å². The Bertz CT molecular complexity index is 1450. The van der Waals surface area contributed by atoms with Gasteiger partial charge in [0.1, 0.15) is 5.60 Å². The summed E-state index contributed by atoms with van der Waals surface area (Å²) >= 11 is 0. The molecule has 0 aliphatic carbocycles. The fraction of sp³-hybridized carbons (Fsp3) is 0.690. The van der Waals surface area contributed by atoms with Crippen molar-refractivity contribution in [1.29, 1.82) is 0 Å². The average Bonchev–Trinajstić information content (AvgIpc) is 3.25. The molecule has 3 rings (SSSR count). The molecule has 0 bridgehead atoms. The lowest BCUT2D eigenvalue weighted by atomic mass is 9.80. The average molecular weight is 915 g/mol. The molecule has 64 heavy (non-hydrogen) atoms. The topological polar surface area (TPSA) is 30.9 Å². The molecule has 0 N–H and O–H groups in total. The van der Waals surface area contributed by atoms with Gasteiger partial charge in [-0.3, -0.25) is 4.90 Å².